The SMILES string of the molecule is COc1ccc(CCNCC(C)=O)cc1Cl. The van der Waals surface area contributed by atoms with Crippen LogP contribution >= 0.6 is 11.6 Å². The largest absolute Gasteiger partial charge is 0.495 e. The fraction of sp³-hybridized carbons (Fsp3) is 0.417. The van der Waals surface area contributed by atoms with Crippen molar-refractivity contribution in [3.63, 3.8) is 0 Å². The Labute approximate surface area is 101 Å². The molecule has 0 saturated heterocycles. The average molecular weight is 242 g/mol. The van der Waals surface area contributed by atoms with Crippen LogP contribution in [0.1, 0.15) is 12.5 Å². The summed E-state index contributed by atoms with van der Waals surface area (Å²) >= 11 is 5.99. The van der Waals surface area contributed by atoms with Gasteiger partial charge in [-0.05, 0) is 37.6 Å². The van der Waals surface area contributed by atoms with Crippen molar-refractivity contribution < 1.29 is 9.53 Å². The van der Waals surface area contributed by atoms with E-state index in [-0.39, 0.29) is 5.78 Å². The summed E-state index contributed by atoms with van der Waals surface area (Å²) in [5.74, 6) is 0.829. The summed E-state index contributed by atoms with van der Waals surface area (Å²) in [6.45, 7) is 2.75. The fourth-order valence-electron chi connectivity index (χ4n) is 1.36. The maximum absolute atomic E-state index is 10.7. The molecule has 0 aliphatic rings. The Hall–Kier alpha value is -1.06. The molecule has 0 bridgehead atoms. The van der Waals surface area contributed by atoms with Gasteiger partial charge in [0.25, 0.3) is 0 Å². The first-order valence-electron chi connectivity index (χ1n) is 5.16. The molecule has 0 aliphatic carbocycles. The minimum absolute atomic E-state index is 0.146. The molecule has 16 heavy (non-hydrogen) atoms. The average Bonchev–Trinajstić information content (AvgIpc) is 2.24. The molecule has 1 aromatic rings. The molecule has 4 heteroatoms. The first kappa shape index (κ1) is 13.0. The molecule has 0 amide bonds. The van der Waals surface area contributed by atoms with E-state index in [0.29, 0.717) is 17.3 Å². The van der Waals surface area contributed by atoms with Crippen molar-refractivity contribution in [2.24, 2.45) is 0 Å². The number of rotatable bonds is 6. The zero-order chi connectivity index (χ0) is 12.0. The highest BCUT2D eigenvalue weighted by atomic mass is 35.5. The highest BCUT2D eigenvalue weighted by molar-refractivity contribution is 6.32. The minimum Gasteiger partial charge on any atom is -0.495 e. The van der Waals surface area contributed by atoms with Crippen LogP contribution in [0.4, 0.5) is 0 Å². The van der Waals surface area contributed by atoms with Crippen molar-refractivity contribution in [3.8, 4) is 5.75 Å². The van der Waals surface area contributed by atoms with Crippen LogP contribution in [0.3, 0.4) is 0 Å². The van der Waals surface area contributed by atoms with E-state index in [0.717, 1.165) is 18.5 Å². The van der Waals surface area contributed by atoms with Crippen molar-refractivity contribution in [2.75, 3.05) is 20.2 Å². The summed E-state index contributed by atoms with van der Waals surface area (Å²) < 4.78 is 5.06. The van der Waals surface area contributed by atoms with Gasteiger partial charge in [0.2, 0.25) is 0 Å². The summed E-state index contributed by atoms with van der Waals surface area (Å²) in [5.41, 5.74) is 1.13. The molecule has 88 valence electrons. The number of Topliss-reactive ketones (excluding diaryl/α,β-unsaturated/α-hetero) is 1. The van der Waals surface area contributed by atoms with Gasteiger partial charge in [-0.25, -0.2) is 0 Å². The number of benzene rings is 1. The third-order valence-electron chi connectivity index (χ3n) is 2.18. The number of nitrogens with one attached hydrogen (secondary N) is 1. The van der Waals surface area contributed by atoms with E-state index in [1.54, 1.807) is 14.0 Å². The van der Waals surface area contributed by atoms with Crippen LogP contribution in [0.25, 0.3) is 0 Å². The Morgan fingerprint density at radius 1 is 1.50 bits per heavy atom. The lowest BCUT2D eigenvalue weighted by Gasteiger charge is -2.06. The molecule has 0 fully saturated rings. The molecular weight excluding hydrogens is 226 g/mol. The first-order chi connectivity index (χ1) is 7.63. The normalized spacial score (nSPS) is 10.2. The molecule has 0 atom stereocenters. The highest BCUT2D eigenvalue weighted by Gasteiger charge is 2.01. The Morgan fingerprint density at radius 2 is 2.25 bits per heavy atom. The van der Waals surface area contributed by atoms with Gasteiger partial charge in [0.05, 0.1) is 18.7 Å². The second-order valence-corrected chi connectivity index (χ2v) is 4.00. The Morgan fingerprint density at radius 3 is 2.81 bits per heavy atom. The summed E-state index contributed by atoms with van der Waals surface area (Å²) in [4.78, 5) is 10.7. The molecule has 0 radical (unpaired) electrons. The van der Waals surface area contributed by atoms with Gasteiger partial charge in [-0.2, -0.15) is 0 Å². The van der Waals surface area contributed by atoms with E-state index >= 15 is 0 Å². The number of ketones is 1. The number of methoxy groups -OCH3 is 1. The predicted octanol–water partition coefficient (Wildman–Crippen LogP) is 2.07. The molecule has 0 saturated carbocycles. The molecule has 3 nitrogen and oxygen atoms in total. The van der Waals surface area contributed by atoms with Gasteiger partial charge in [-0.15, -0.1) is 0 Å². The molecule has 1 N–H and O–H groups in total. The van der Waals surface area contributed by atoms with Gasteiger partial charge in [0, 0.05) is 0 Å². The van der Waals surface area contributed by atoms with Gasteiger partial charge >= 0.3 is 0 Å². The lowest BCUT2D eigenvalue weighted by Crippen LogP contribution is -2.23. The molecular formula is C12H16ClNO2. The van der Waals surface area contributed by atoms with Gasteiger partial charge in [-0.1, -0.05) is 17.7 Å². The number of hydrogen-bond donors (Lipinski definition) is 1. The van der Waals surface area contributed by atoms with Gasteiger partial charge in [0.1, 0.15) is 11.5 Å². The van der Waals surface area contributed by atoms with Gasteiger partial charge < -0.3 is 10.1 Å². The van der Waals surface area contributed by atoms with Crippen molar-refractivity contribution in [3.05, 3.63) is 28.8 Å². The van der Waals surface area contributed by atoms with Gasteiger partial charge in [0.15, 0.2) is 0 Å². The first-order valence-corrected chi connectivity index (χ1v) is 5.54. The molecule has 1 rings (SSSR count). The zero-order valence-electron chi connectivity index (χ0n) is 9.55. The van der Waals surface area contributed by atoms with Crippen LogP contribution in [-0.2, 0) is 11.2 Å². The van der Waals surface area contributed by atoms with Crippen molar-refractivity contribution >= 4 is 17.4 Å². The zero-order valence-corrected chi connectivity index (χ0v) is 10.3. The monoisotopic (exact) mass is 241 g/mol. The van der Waals surface area contributed by atoms with Crippen LogP contribution < -0.4 is 10.1 Å². The number of halogens is 1. The molecule has 1 aromatic carbocycles. The third kappa shape index (κ3) is 4.21. The summed E-state index contributed by atoms with van der Waals surface area (Å²) in [7, 11) is 1.59. The minimum atomic E-state index is 0.146. The quantitative estimate of drug-likeness (QED) is 0.775. The second kappa shape index (κ2) is 6.51. The third-order valence-corrected chi connectivity index (χ3v) is 2.48. The van der Waals surface area contributed by atoms with Crippen molar-refractivity contribution in [1.82, 2.24) is 5.32 Å². The summed E-state index contributed by atoms with van der Waals surface area (Å²) in [6.07, 6.45) is 0.844. The number of hydrogen-bond acceptors (Lipinski definition) is 3. The van der Waals surface area contributed by atoms with E-state index in [1.165, 1.54) is 0 Å². The Bertz CT molecular complexity index is 366. The Balaban J connectivity index is 2.43. The molecule has 0 heterocycles. The fourth-order valence-corrected chi connectivity index (χ4v) is 1.64. The molecule has 0 unspecified atom stereocenters. The van der Waals surface area contributed by atoms with E-state index in [2.05, 4.69) is 5.32 Å². The van der Waals surface area contributed by atoms with E-state index < -0.39 is 0 Å². The maximum atomic E-state index is 10.7. The smallest absolute Gasteiger partial charge is 0.143 e. The lowest BCUT2D eigenvalue weighted by atomic mass is 10.1. The van der Waals surface area contributed by atoms with Crippen LogP contribution in [0, 0.1) is 0 Å². The van der Waals surface area contributed by atoms with Crippen LogP contribution in [0.2, 0.25) is 5.02 Å². The standard InChI is InChI=1S/C12H16ClNO2/c1-9(15)8-14-6-5-10-3-4-12(16-2)11(13)7-10/h3-4,7,14H,5-6,8H2,1-2H3. The summed E-state index contributed by atoms with van der Waals surface area (Å²) in [5, 5.41) is 3.67. The van der Waals surface area contributed by atoms with E-state index in [1.807, 2.05) is 18.2 Å². The predicted molar refractivity (Wildman–Crippen MR) is 65.3 cm³/mol. The molecule has 0 aliphatic heterocycles. The van der Waals surface area contributed by atoms with Crippen molar-refractivity contribution in [2.45, 2.75) is 13.3 Å². The van der Waals surface area contributed by atoms with Crippen molar-refractivity contribution in [1.29, 1.82) is 0 Å². The maximum Gasteiger partial charge on any atom is 0.143 e. The number of ether oxygens (including phenoxy) is 1. The van der Waals surface area contributed by atoms with Crippen LogP contribution in [0.15, 0.2) is 18.2 Å². The summed E-state index contributed by atoms with van der Waals surface area (Å²) in [6, 6.07) is 5.71. The molecule has 0 aromatic heterocycles. The highest BCUT2D eigenvalue weighted by Crippen LogP contribution is 2.24. The van der Waals surface area contributed by atoms with E-state index in [9.17, 15) is 4.79 Å². The number of carbonyl (C=O) groups excluding carboxylic acids is 1. The Kier molecular flexibility index (Phi) is 5.29. The van der Waals surface area contributed by atoms with Crippen LogP contribution in [0.5, 0.6) is 5.75 Å². The van der Waals surface area contributed by atoms with Crippen LogP contribution in [-0.4, -0.2) is 26.0 Å². The van der Waals surface area contributed by atoms with Gasteiger partial charge in [-0.3, -0.25) is 4.79 Å². The lowest BCUT2D eigenvalue weighted by molar-refractivity contribution is -0.116. The molecule has 0 spiro atoms. The second-order valence-electron chi connectivity index (χ2n) is 3.60. The van der Waals surface area contributed by atoms with E-state index in [4.69, 9.17) is 16.3 Å². The number of carbonyl (C=O) groups is 1. The topological polar surface area (TPSA) is 38.3 Å².